The van der Waals surface area contributed by atoms with Crippen molar-refractivity contribution in [3.05, 3.63) is 46.1 Å². The molecule has 1 saturated heterocycles. The first-order valence-electron chi connectivity index (χ1n) is 10.3. The quantitative estimate of drug-likeness (QED) is 0.614. The molecule has 0 unspecified atom stereocenters. The van der Waals surface area contributed by atoms with Gasteiger partial charge in [-0.1, -0.05) is 0 Å². The standard InChI is InChI=1S/C20H24N8O4/c1-4-27-18(30)14(11-26-9-12(2)21-19(26)27)17(29)22-15-5-6-16(24-23-15)25-7-8-28(20(31)32)13(3)10-25/h5-6,9,11,13H,4,7-8,10H2,1-3H3,(H,31,32)(H,22,23,29)/t13-/m0/s1. The summed E-state index contributed by atoms with van der Waals surface area (Å²) in [7, 11) is 0. The molecule has 0 radical (unpaired) electrons. The van der Waals surface area contributed by atoms with Gasteiger partial charge in [0.15, 0.2) is 11.6 Å². The van der Waals surface area contributed by atoms with Crippen LogP contribution in [0.25, 0.3) is 5.78 Å². The molecule has 32 heavy (non-hydrogen) atoms. The second-order valence-corrected chi connectivity index (χ2v) is 7.68. The van der Waals surface area contributed by atoms with Crippen molar-refractivity contribution in [2.75, 3.05) is 29.9 Å². The normalized spacial score (nSPS) is 16.4. The van der Waals surface area contributed by atoms with E-state index < -0.39 is 17.6 Å². The predicted octanol–water partition coefficient (Wildman–Crippen LogP) is 1.06. The average Bonchev–Trinajstić information content (AvgIpc) is 3.13. The van der Waals surface area contributed by atoms with Crippen LogP contribution in [0.5, 0.6) is 0 Å². The molecule has 12 heteroatoms. The van der Waals surface area contributed by atoms with Crippen LogP contribution in [0.1, 0.15) is 29.9 Å². The number of aromatic nitrogens is 5. The van der Waals surface area contributed by atoms with Crippen molar-refractivity contribution in [1.82, 2.24) is 29.0 Å². The lowest BCUT2D eigenvalue weighted by Crippen LogP contribution is -2.54. The first-order valence-corrected chi connectivity index (χ1v) is 10.3. The Labute approximate surface area is 183 Å². The summed E-state index contributed by atoms with van der Waals surface area (Å²) in [4.78, 5) is 44.5. The lowest BCUT2D eigenvalue weighted by molar-refractivity contribution is 0.102. The third-order valence-corrected chi connectivity index (χ3v) is 5.47. The minimum absolute atomic E-state index is 0.0266. The third kappa shape index (κ3) is 3.86. The van der Waals surface area contributed by atoms with Gasteiger partial charge in [-0.2, -0.15) is 0 Å². The van der Waals surface area contributed by atoms with Gasteiger partial charge in [0.2, 0.25) is 5.78 Å². The molecule has 0 bridgehead atoms. The maximum Gasteiger partial charge on any atom is 0.407 e. The van der Waals surface area contributed by atoms with Crippen molar-refractivity contribution < 1.29 is 14.7 Å². The summed E-state index contributed by atoms with van der Waals surface area (Å²) in [6.45, 7) is 7.21. The molecule has 0 saturated carbocycles. The van der Waals surface area contributed by atoms with E-state index in [2.05, 4.69) is 20.5 Å². The van der Waals surface area contributed by atoms with Crippen molar-refractivity contribution in [3.63, 3.8) is 0 Å². The number of fused-ring (bicyclic) bond motifs is 1. The summed E-state index contributed by atoms with van der Waals surface area (Å²) in [5.74, 6) is 0.688. The van der Waals surface area contributed by atoms with Crippen molar-refractivity contribution in [2.24, 2.45) is 0 Å². The van der Waals surface area contributed by atoms with Crippen LogP contribution in [-0.2, 0) is 6.54 Å². The maximum absolute atomic E-state index is 12.8. The molecule has 3 aromatic rings. The first-order chi connectivity index (χ1) is 15.3. The largest absolute Gasteiger partial charge is 0.465 e. The lowest BCUT2D eigenvalue weighted by Gasteiger charge is -2.38. The average molecular weight is 440 g/mol. The smallest absolute Gasteiger partial charge is 0.407 e. The van der Waals surface area contributed by atoms with Gasteiger partial charge >= 0.3 is 6.09 Å². The number of nitrogens with one attached hydrogen (secondary N) is 1. The monoisotopic (exact) mass is 440 g/mol. The summed E-state index contributed by atoms with van der Waals surface area (Å²) in [5, 5.41) is 20.0. The Kier molecular flexibility index (Phi) is 5.51. The van der Waals surface area contributed by atoms with E-state index in [0.717, 1.165) is 5.69 Å². The highest BCUT2D eigenvalue weighted by atomic mass is 16.4. The molecule has 4 heterocycles. The molecule has 1 aliphatic heterocycles. The van der Waals surface area contributed by atoms with Crippen LogP contribution >= 0.6 is 0 Å². The van der Waals surface area contributed by atoms with E-state index in [0.29, 0.717) is 37.8 Å². The SMILES string of the molecule is CCn1c(=O)c(C(=O)Nc2ccc(N3CCN(C(=O)O)[C@@H](C)C3)nn2)cn2cc(C)nc12. The fraction of sp³-hybridized carbons (Fsp3) is 0.400. The van der Waals surface area contributed by atoms with Crippen LogP contribution in [0.3, 0.4) is 0 Å². The highest BCUT2D eigenvalue weighted by Crippen LogP contribution is 2.18. The zero-order chi connectivity index (χ0) is 23.0. The van der Waals surface area contributed by atoms with Gasteiger partial charge in [0.1, 0.15) is 5.56 Å². The molecule has 12 nitrogen and oxygen atoms in total. The van der Waals surface area contributed by atoms with E-state index in [1.165, 1.54) is 15.7 Å². The lowest BCUT2D eigenvalue weighted by atomic mass is 10.2. The van der Waals surface area contributed by atoms with Crippen LogP contribution < -0.4 is 15.8 Å². The fourth-order valence-corrected chi connectivity index (χ4v) is 3.86. The summed E-state index contributed by atoms with van der Waals surface area (Å²) in [5.41, 5.74) is 0.281. The van der Waals surface area contributed by atoms with Gasteiger partial charge in [-0.3, -0.25) is 18.6 Å². The van der Waals surface area contributed by atoms with Gasteiger partial charge in [0.05, 0.1) is 5.69 Å². The number of hydrogen-bond acceptors (Lipinski definition) is 7. The number of carbonyl (C=O) groups is 2. The van der Waals surface area contributed by atoms with Gasteiger partial charge in [-0.25, -0.2) is 9.78 Å². The number of amides is 2. The van der Waals surface area contributed by atoms with Gasteiger partial charge in [-0.05, 0) is 32.9 Å². The number of rotatable bonds is 4. The first kappa shape index (κ1) is 21.3. The Morgan fingerprint density at radius 2 is 2.00 bits per heavy atom. The van der Waals surface area contributed by atoms with Crippen molar-refractivity contribution >= 4 is 29.4 Å². The van der Waals surface area contributed by atoms with Gasteiger partial charge < -0.3 is 20.2 Å². The molecule has 1 atom stereocenters. The summed E-state index contributed by atoms with van der Waals surface area (Å²) < 4.78 is 3.09. The van der Waals surface area contributed by atoms with E-state index in [1.807, 2.05) is 25.7 Å². The molecule has 3 aromatic heterocycles. The molecule has 4 rings (SSSR count). The number of carboxylic acid groups (broad SMARTS) is 1. The number of carbonyl (C=O) groups excluding carboxylic acids is 1. The van der Waals surface area contributed by atoms with E-state index >= 15 is 0 Å². The number of anilines is 2. The minimum Gasteiger partial charge on any atom is -0.465 e. The van der Waals surface area contributed by atoms with Crippen molar-refractivity contribution in [2.45, 2.75) is 33.4 Å². The fourth-order valence-electron chi connectivity index (χ4n) is 3.86. The highest BCUT2D eigenvalue weighted by Gasteiger charge is 2.28. The zero-order valence-electron chi connectivity index (χ0n) is 18.0. The van der Waals surface area contributed by atoms with E-state index in [-0.39, 0.29) is 17.4 Å². The molecule has 0 aromatic carbocycles. The number of aryl methyl sites for hydroxylation is 2. The molecular weight excluding hydrogens is 416 g/mol. The molecule has 2 amide bonds. The Hall–Kier alpha value is -3.96. The van der Waals surface area contributed by atoms with Crippen molar-refractivity contribution in [1.29, 1.82) is 0 Å². The second kappa shape index (κ2) is 8.29. The zero-order valence-corrected chi connectivity index (χ0v) is 18.0. The van der Waals surface area contributed by atoms with Gasteiger partial charge in [0, 0.05) is 44.6 Å². The Bertz CT molecular complexity index is 1230. The Morgan fingerprint density at radius 1 is 1.22 bits per heavy atom. The Balaban J connectivity index is 1.51. The second-order valence-electron chi connectivity index (χ2n) is 7.68. The topological polar surface area (TPSA) is 138 Å². The molecule has 0 aliphatic carbocycles. The van der Waals surface area contributed by atoms with E-state index in [1.54, 1.807) is 22.7 Å². The number of nitrogens with zero attached hydrogens (tertiary/aromatic N) is 7. The van der Waals surface area contributed by atoms with Gasteiger partial charge in [-0.15, -0.1) is 10.2 Å². The number of piperazine rings is 1. The third-order valence-electron chi connectivity index (χ3n) is 5.47. The molecule has 168 valence electrons. The Morgan fingerprint density at radius 3 is 2.62 bits per heavy atom. The van der Waals surface area contributed by atoms with Crippen LogP contribution in [-0.4, -0.2) is 71.8 Å². The number of imidazole rings is 1. The molecular formula is C20H24N8O4. The molecule has 2 N–H and O–H groups in total. The summed E-state index contributed by atoms with van der Waals surface area (Å²) >= 11 is 0. The van der Waals surface area contributed by atoms with Crippen LogP contribution in [0, 0.1) is 6.92 Å². The van der Waals surface area contributed by atoms with E-state index in [4.69, 9.17) is 0 Å². The molecule has 1 aliphatic rings. The summed E-state index contributed by atoms with van der Waals surface area (Å²) in [6, 6.07) is 3.13. The number of hydrogen-bond donors (Lipinski definition) is 2. The van der Waals surface area contributed by atoms with Gasteiger partial charge in [0.25, 0.3) is 11.5 Å². The van der Waals surface area contributed by atoms with Crippen LogP contribution in [0.4, 0.5) is 16.4 Å². The maximum atomic E-state index is 12.8. The molecule has 0 spiro atoms. The van der Waals surface area contributed by atoms with Crippen LogP contribution in [0.15, 0.2) is 29.3 Å². The minimum atomic E-state index is -0.938. The molecule has 1 fully saturated rings. The van der Waals surface area contributed by atoms with Crippen LogP contribution in [0.2, 0.25) is 0 Å². The van der Waals surface area contributed by atoms with Crippen molar-refractivity contribution in [3.8, 4) is 0 Å². The summed E-state index contributed by atoms with van der Waals surface area (Å²) in [6.07, 6.45) is 2.27. The van der Waals surface area contributed by atoms with E-state index in [9.17, 15) is 19.5 Å². The predicted molar refractivity (Wildman–Crippen MR) is 116 cm³/mol. The highest BCUT2D eigenvalue weighted by molar-refractivity contribution is 6.03.